The quantitative estimate of drug-likeness (QED) is 0.0903. The fourth-order valence-corrected chi connectivity index (χ4v) is 5.43. The maximum atomic E-state index is 13.5. The molecule has 1 aliphatic rings. The molecule has 1 aromatic heterocycles. The molecule has 17 heteroatoms. The van der Waals surface area contributed by atoms with Gasteiger partial charge in [0.25, 0.3) is 0 Å². The van der Waals surface area contributed by atoms with Crippen LogP contribution in [0.1, 0.15) is 5.56 Å². The largest absolute Gasteiger partial charge is 0.504 e. The Labute approximate surface area is 294 Å². The zero-order valence-electron chi connectivity index (χ0n) is 28.4. The van der Waals surface area contributed by atoms with Crippen LogP contribution in [0.5, 0.6) is 51.7 Å². The molecular weight excluding hydrogens is 692 g/mol. The normalized spacial score (nSPS) is 20.0. The third-order valence-electron chi connectivity index (χ3n) is 8.10. The number of phenols is 3. The number of aliphatic hydroxyl groups is 3. The van der Waals surface area contributed by atoms with Crippen LogP contribution in [0.25, 0.3) is 28.4 Å². The molecule has 5 atom stereocenters. The van der Waals surface area contributed by atoms with Crippen molar-refractivity contribution in [3.05, 3.63) is 58.3 Å². The molecule has 17 nitrogen and oxygen atoms in total. The Balaban J connectivity index is 1.40. The zero-order chi connectivity index (χ0) is 37.9. The molecule has 5 rings (SSSR count). The molecule has 0 spiro atoms. The van der Waals surface area contributed by atoms with Crippen LogP contribution < -0.4 is 33.8 Å². The first-order valence-corrected chi connectivity index (χ1v) is 15.4. The van der Waals surface area contributed by atoms with Crippen molar-refractivity contribution in [3.8, 4) is 63.1 Å². The number of aromatic hydroxyl groups is 3. The van der Waals surface area contributed by atoms with Gasteiger partial charge in [-0.15, -0.1) is 0 Å². The lowest BCUT2D eigenvalue weighted by Crippen LogP contribution is -2.60. The summed E-state index contributed by atoms with van der Waals surface area (Å²) in [5, 5.41) is 63.2. The molecule has 0 bridgehead atoms. The van der Waals surface area contributed by atoms with Gasteiger partial charge in [-0.1, -0.05) is 0 Å². The average molecular weight is 729 g/mol. The van der Waals surface area contributed by atoms with Crippen LogP contribution >= 0.6 is 0 Å². The minimum absolute atomic E-state index is 0.0980. The van der Waals surface area contributed by atoms with Crippen LogP contribution in [0, 0.1) is 0 Å². The summed E-state index contributed by atoms with van der Waals surface area (Å²) in [5.74, 6) is -2.88. The number of benzene rings is 3. The second-order valence-corrected chi connectivity index (χ2v) is 11.2. The molecule has 3 aromatic carbocycles. The smallest absolute Gasteiger partial charge is 0.330 e. The summed E-state index contributed by atoms with van der Waals surface area (Å²) < 4.78 is 48.5. The van der Waals surface area contributed by atoms with Crippen LogP contribution in [0.2, 0.25) is 0 Å². The first-order valence-electron chi connectivity index (χ1n) is 15.4. The Bertz CT molecular complexity index is 2010. The van der Waals surface area contributed by atoms with Crippen LogP contribution in [0.4, 0.5) is 0 Å². The molecule has 1 aliphatic heterocycles. The second-order valence-electron chi connectivity index (χ2n) is 11.2. The SMILES string of the molecule is COc1ccc(-c2oc3cc(OC4OC(COC(=O)C=Cc5cc(OC)c(O)c(OC)c5)C(O)C(O)C4O)c(OC)c(O)c3c(=O)c2OC)cc1O. The van der Waals surface area contributed by atoms with Gasteiger partial charge in [0.1, 0.15) is 42.0 Å². The number of fused-ring (bicyclic) bond motifs is 1. The van der Waals surface area contributed by atoms with Gasteiger partial charge in [-0.2, -0.15) is 0 Å². The minimum Gasteiger partial charge on any atom is -0.504 e. The Morgan fingerprint density at radius 2 is 1.42 bits per heavy atom. The van der Waals surface area contributed by atoms with Crippen molar-refractivity contribution in [2.24, 2.45) is 0 Å². The van der Waals surface area contributed by atoms with E-state index in [1.54, 1.807) is 0 Å². The lowest BCUT2D eigenvalue weighted by Gasteiger charge is -2.40. The maximum absolute atomic E-state index is 13.5. The highest BCUT2D eigenvalue weighted by atomic mass is 16.7. The highest BCUT2D eigenvalue weighted by Gasteiger charge is 2.46. The molecule has 0 radical (unpaired) electrons. The van der Waals surface area contributed by atoms with E-state index in [1.165, 1.54) is 64.8 Å². The first-order chi connectivity index (χ1) is 24.9. The molecule has 0 amide bonds. The van der Waals surface area contributed by atoms with E-state index in [4.69, 9.17) is 42.3 Å². The number of methoxy groups -OCH3 is 5. The Hall–Kier alpha value is -5.88. The van der Waals surface area contributed by atoms with Crippen molar-refractivity contribution < 1.29 is 77.7 Å². The first kappa shape index (κ1) is 37.4. The Morgan fingerprint density at radius 1 is 0.769 bits per heavy atom. The number of ether oxygens (including phenoxy) is 8. The predicted molar refractivity (Wildman–Crippen MR) is 179 cm³/mol. The number of esters is 1. The van der Waals surface area contributed by atoms with E-state index < -0.39 is 54.5 Å². The van der Waals surface area contributed by atoms with Gasteiger partial charge < -0.3 is 73.0 Å². The summed E-state index contributed by atoms with van der Waals surface area (Å²) in [5.41, 5.74) is -0.412. The van der Waals surface area contributed by atoms with E-state index >= 15 is 0 Å². The van der Waals surface area contributed by atoms with Crippen molar-refractivity contribution in [3.63, 3.8) is 0 Å². The van der Waals surface area contributed by atoms with Crippen LogP contribution in [-0.2, 0) is 14.3 Å². The summed E-state index contributed by atoms with van der Waals surface area (Å²) in [6, 6.07) is 8.25. The molecule has 0 aliphatic carbocycles. The van der Waals surface area contributed by atoms with E-state index in [0.717, 1.165) is 19.3 Å². The minimum atomic E-state index is -1.87. The molecule has 1 fully saturated rings. The lowest BCUT2D eigenvalue weighted by molar-refractivity contribution is -0.278. The van der Waals surface area contributed by atoms with Crippen molar-refractivity contribution in [2.75, 3.05) is 42.2 Å². The van der Waals surface area contributed by atoms with E-state index in [2.05, 4.69) is 0 Å². The van der Waals surface area contributed by atoms with Crippen molar-refractivity contribution >= 4 is 23.0 Å². The zero-order valence-corrected chi connectivity index (χ0v) is 28.4. The van der Waals surface area contributed by atoms with Crippen LogP contribution in [0.3, 0.4) is 0 Å². The maximum Gasteiger partial charge on any atom is 0.330 e. The number of hydrogen-bond acceptors (Lipinski definition) is 17. The second kappa shape index (κ2) is 15.6. The van der Waals surface area contributed by atoms with E-state index in [0.29, 0.717) is 5.56 Å². The monoisotopic (exact) mass is 728 g/mol. The van der Waals surface area contributed by atoms with Gasteiger partial charge in [-0.05, 0) is 42.0 Å². The fraction of sp³-hybridized carbons (Fsp3) is 0.314. The molecule has 1 saturated heterocycles. The van der Waals surface area contributed by atoms with Crippen molar-refractivity contribution in [1.29, 1.82) is 0 Å². The molecule has 5 unspecified atom stereocenters. The van der Waals surface area contributed by atoms with Crippen LogP contribution in [-0.4, -0.2) is 109 Å². The molecule has 278 valence electrons. The van der Waals surface area contributed by atoms with E-state index in [-0.39, 0.29) is 68.3 Å². The summed E-state index contributed by atoms with van der Waals surface area (Å²) >= 11 is 0. The highest BCUT2D eigenvalue weighted by molar-refractivity contribution is 5.91. The van der Waals surface area contributed by atoms with Crippen molar-refractivity contribution in [1.82, 2.24) is 0 Å². The van der Waals surface area contributed by atoms with Gasteiger partial charge in [0.05, 0.1) is 35.5 Å². The number of rotatable bonds is 12. The number of aliphatic hydroxyl groups excluding tert-OH is 3. The van der Waals surface area contributed by atoms with Gasteiger partial charge in [0, 0.05) is 17.7 Å². The third kappa shape index (κ3) is 7.15. The number of phenolic OH excluding ortho intramolecular Hbond substituents is 3. The Kier molecular flexibility index (Phi) is 11.2. The highest BCUT2D eigenvalue weighted by Crippen LogP contribution is 2.45. The molecule has 2 heterocycles. The Morgan fingerprint density at radius 3 is 2.02 bits per heavy atom. The summed E-state index contributed by atoms with van der Waals surface area (Å²) in [7, 11) is 6.42. The van der Waals surface area contributed by atoms with Crippen molar-refractivity contribution in [2.45, 2.75) is 30.7 Å². The average Bonchev–Trinajstić information content (AvgIpc) is 3.13. The molecule has 52 heavy (non-hydrogen) atoms. The molecular formula is C35H36O17. The third-order valence-corrected chi connectivity index (χ3v) is 8.10. The van der Waals surface area contributed by atoms with Gasteiger partial charge in [0.2, 0.25) is 29.0 Å². The number of carbonyl (C=O) groups is 1. The summed E-state index contributed by atoms with van der Waals surface area (Å²) in [6.07, 6.45) is -6.24. The number of carbonyl (C=O) groups excluding carboxylic acids is 1. The lowest BCUT2D eigenvalue weighted by atomic mass is 9.99. The van der Waals surface area contributed by atoms with Gasteiger partial charge in [-0.3, -0.25) is 4.79 Å². The summed E-state index contributed by atoms with van der Waals surface area (Å²) in [4.78, 5) is 26.1. The van der Waals surface area contributed by atoms with Crippen LogP contribution in [0.15, 0.2) is 51.7 Å². The van der Waals surface area contributed by atoms with E-state index in [1.807, 2.05) is 0 Å². The molecule has 4 aromatic rings. The molecule has 0 saturated carbocycles. The topological polar surface area (TPSA) is 242 Å². The predicted octanol–water partition coefficient (Wildman–Crippen LogP) is 2.06. The van der Waals surface area contributed by atoms with Gasteiger partial charge in [0.15, 0.2) is 40.3 Å². The fourth-order valence-electron chi connectivity index (χ4n) is 5.43. The van der Waals surface area contributed by atoms with Gasteiger partial charge >= 0.3 is 5.97 Å². The standard InChI is InChI=1S/C35H36O17/c1-44-18-8-7-16(12-17(18)36)32-34(48-5)29(41)25-19(50-32)13-22(33(47-4)28(25)40)51-35-31(43)30(42)27(39)23(52-35)14-49-24(37)9-6-15-10-20(45-2)26(38)21(11-15)46-3/h6-13,23,27,30-31,35-36,38-40,42-43H,14H2,1-5H3. The van der Waals surface area contributed by atoms with Gasteiger partial charge in [-0.25, -0.2) is 4.79 Å². The van der Waals surface area contributed by atoms with E-state index in [9.17, 15) is 40.2 Å². The number of hydrogen-bond donors (Lipinski definition) is 6. The molecule has 6 N–H and O–H groups in total. The summed E-state index contributed by atoms with van der Waals surface area (Å²) in [6.45, 7) is -0.608.